The molecule has 0 fully saturated rings. The van der Waals surface area contributed by atoms with E-state index >= 15 is 0 Å². The van der Waals surface area contributed by atoms with Gasteiger partial charge in [0.25, 0.3) is 0 Å². The van der Waals surface area contributed by atoms with Crippen LogP contribution >= 0.6 is 0 Å². The first-order valence-electron chi connectivity index (χ1n) is 7.04. The lowest BCUT2D eigenvalue weighted by molar-refractivity contribution is -0.114. The van der Waals surface area contributed by atoms with E-state index in [9.17, 15) is 9.90 Å². The SMILES string of the molecule is CC(=O)Nc1ccc(CNCC(C)(C)CC(C)O)cc1. The molecule has 4 heteroatoms. The average molecular weight is 278 g/mol. The van der Waals surface area contributed by atoms with Crippen LogP contribution in [0.25, 0.3) is 0 Å². The third-order valence-corrected chi connectivity index (χ3v) is 3.05. The molecule has 1 aromatic carbocycles. The number of hydrogen-bond acceptors (Lipinski definition) is 3. The van der Waals surface area contributed by atoms with Crippen molar-refractivity contribution in [2.45, 2.75) is 46.8 Å². The molecule has 0 spiro atoms. The predicted molar refractivity (Wildman–Crippen MR) is 82.5 cm³/mol. The number of rotatable bonds is 7. The van der Waals surface area contributed by atoms with Crippen molar-refractivity contribution >= 4 is 11.6 Å². The lowest BCUT2D eigenvalue weighted by Crippen LogP contribution is -2.31. The number of aliphatic hydroxyl groups excluding tert-OH is 1. The van der Waals surface area contributed by atoms with Gasteiger partial charge in [0, 0.05) is 25.7 Å². The zero-order valence-corrected chi connectivity index (χ0v) is 12.9. The van der Waals surface area contributed by atoms with Crippen molar-refractivity contribution < 1.29 is 9.90 Å². The molecule has 0 heterocycles. The van der Waals surface area contributed by atoms with Gasteiger partial charge in [-0.1, -0.05) is 26.0 Å². The topological polar surface area (TPSA) is 61.4 Å². The van der Waals surface area contributed by atoms with Crippen molar-refractivity contribution in [2.24, 2.45) is 5.41 Å². The molecule has 0 saturated heterocycles. The second-order valence-corrected chi connectivity index (χ2v) is 6.20. The molecule has 20 heavy (non-hydrogen) atoms. The van der Waals surface area contributed by atoms with Crippen molar-refractivity contribution in [1.82, 2.24) is 5.32 Å². The van der Waals surface area contributed by atoms with Crippen molar-refractivity contribution in [3.63, 3.8) is 0 Å². The summed E-state index contributed by atoms with van der Waals surface area (Å²) in [5.41, 5.74) is 2.06. The molecule has 1 rings (SSSR count). The summed E-state index contributed by atoms with van der Waals surface area (Å²) in [6.45, 7) is 9.25. The van der Waals surface area contributed by atoms with Crippen LogP contribution < -0.4 is 10.6 Å². The van der Waals surface area contributed by atoms with Gasteiger partial charge < -0.3 is 15.7 Å². The minimum atomic E-state index is -0.274. The smallest absolute Gasteiger partial charge is 0.221 e. The molecule has 1 amide bonds. The maximum Gasteiger partial charge on any atom is 0.221 e. The highest BCUT2D eigenvalue weighted by Gasteiger charge is 2.19. The highest BCUT2D eigenvalue weighted by Crippen LogP contribution is 2.21. The lowest BCUT2D eigenvalue weighted by Gasteiger charge is -2.26. The van der Waals surface area contributed by atoms with Gasteiger partial charge >= 0.3 is 0 Å². The van der Waals surface area contributed by atoms with E-state index in [1.165, 1.54) is 12.5 Å². The van der Waals surface area contributed by atoms with Crippen molar-refractivity contribution in [3.8, 4) is 0 Å². The molecule has 0 saturated carbocycles. The predicted octanol–water partition coefficient (Wildman–Crippen LogP) is 2.53. The Balaban J connectivity index is 2.40. The summed E-state index contributed by atoms with van der Waals surface area (Å²) < 4.78 is 0. The summed E-state index contributed by atoms with van der Waals surface area (Å²) in [7, 11) is 0. The summed E-state index contributed by atoms with van der Waals surface area (Å²) in [4.78, 5) is 10.9. The number of nitrogens with one attached hydrogen (secondary N) is 2. The van der Waals surface area contributed by atoms with Gasteiger partial charge in [0.2, 0.25) is 5.91 Å². The van der Waals surface area contributed by atoms with Crippen LogP contribution in [0.15, 0.2) is 24.3 Å². The minimum absolute atomic E-state index is 0.0595. The number of carbonyl (C=O) groups excluding carboxylic acids is 1. The van der Waals surface area contributed by atoms with Crippen LogP contribution in [0.4, 0.5) is 5.69 Å². The minimum Gasteiger partial charge on any atom is -0.393 e. The Bertz CT molecular complexity index is 425. The summed E-state index contributed by atoms with van der Waals surface area (Å²) >= 11 is 0. The van der Waals surface area contributed by atoms with Crippen LogP contribution in [0.3, 0.4) is 0 Å². The van der Waals surface area contributed by atoms with Gasteiger partial charge in [-0.25, -0.2) is 0 Å². The molecule has 0 bridgehead atoms. The largest absolute Gasteiger partial charge is 0.393 e. The molecule has 0 radical (unpaired) electrons. The highest BCUT2D eigenvalue weighted by molar-refractivity contribution is 5.88. The fourth-order valence-corrected chi connectivity index (χ4v) is 2.33. The summed E-state index contributed by atoms with van der Waals surface area (Å²) in [6, 6.07) is 7.80. The standard InChI is InChI=1S/C16H26N2O2/c1-12(19)9-16(3,4)11-17-10-14-5-7-15(8-6-14)18-13(2)20/h5-8,12,17,19H,9-11H2,1-4H3,(H,18,20). The molecule has 1 atom stereocenters. The zero-order valence-electron chi connectivity index (χ0n) is 12.9. The average Bonchev–Trinajstić information content (AvgIpc) is 2.28. The molecule has 1 aromatic rings. The number of amides is 1. The first kappa shape index (κ1) is 16.7. The number of anilines is 1. The van der Waals surface area contributed by atoms with Gasteiger partial charge in [-0.15, -0.1) is 0 Å². The van der Waals surface area contributed by atoms with Crippen molar-refractivity contribution in [2.75, 3.05) is 11.9 Å². The molecular weight excluding hydrogens is 252 g/mol. The Morgan fingerprint density at radius 2 is 1.90 bits per heavy atom. The summed E-state index contributed by atoms with van der Waals surface area (Å²) in [6.07, 6.45) is 0.505. The third kappa shape index (κ3) is 6.68. The number of benzene rings is 1. The molecule has 0 aliphatic carbocycles. The Morgan fingerprint density at radius 1 is 1.30 bits per heavy atom. The lowest BCUT2D eigenvalue weighted by atomic mass is 9.87. The second-order valence-electron chi connectivity index (χ2n) is 6.20. The van der Waals surface area contributed by atoms with E-state index in [-0.39, 0.29) is 17.4 Å². The van der Waals surface area contributed by atoms with E-state index in [2.05, 4.69) is 24.5 Å². The molecule has 1 unspecified atom stereocenters. The van der Waals surface area contributed by atoms with E-state index in [1.807, 2.05) is 31.2 Å². The van der Waals surface area contributed by atoms with E-state index in [0.29, 0.717) is 0 Å². The van der Waals surface area contributed by atoms with Crippen LogP contribution in [0.2, 0.25) is 0 Å². The maximum atomic E-state index is 10.9. The number of carbonyl (C=O) groups is 1. The Labute approximate surface area is 121 Å². The Hall–Kier alpha value is -1.39. The van der Waals surface area contributed by atoms with E-state index in [1.54, 1.807) is 0 Å². The zero-order chi connectivity index (χ0) is 15.2. The number of aliphatic hydroxyl groups is 1. The van der Waals surface area contributed by atoms with Crippen molar-refractivity contribution in [3.05, 3.63) is 29.8 Å². The van der Waals surface area contributed by atoms with Crippen LogP contribution in [0, 0.1) is 5.41 Å². The normalized spacial score (nSPS) is 13.1. The fraction of sp³-hybridized carbons (Fsp3) is 0.562. The van der Waals surface area contributed by atoms with Crippen LogP contribution in [0.5, 0.6) is 0 Å². The van der Waals surface area contributed by atoms with Gasteiger partial charge in [0.1, 0.15) is 0 Å². The molecule has 4 nitrogen and oxygen atoms in total. The first-order valence-corrected chi connectivity index (χ1v) is 7.04. The molecule has 3 N–H and O–H groups in total. The fourth-order valence-electron chi connectivity index (χ4n) is 2.33. The second kappa shape index (κ2) is 7.41. The molecule has 0 aliphatic rings. The highest BCUT2D eigenvalue weighted by atomic mass is 16.3. The molecule has 0 aliphatic heterocycles. The Kier molecular flexibility index (Phi) is 6.17. The van der Waals surface area contributed by atoms with Gasteiger partial charge in [-0.3, -0.25) is 4.79 Å². The molecule has 0 aromatic heterocycles. The third-order valence-electron chi connectivity index (χ3n) is 3.05. The van der Waals surface area contributed by atoms with Gasteiger partial charge in [-0.2, -0.15) is 0 Å². The maximum absolute atomic E-state index is 10.9. The van der Waals surface area contributed by atoms with E-state index in [0.717, 1.165) is 25.2 Å². The van der Waals surface area contributed by atoms with Gasteiger partial charge in [-0.05, 0) is 36.5 Å². The van der Waals surface area contributed by atoms with Crippen molar-refractivity contribution in [1.29, 1.82) is 0 Å². The summed E-state index contributed by atoms with van der Waals surface area (Å²) in [5, 5.41) is 15.6. The number of hydrogen-bond donors (Lipinski definition) is 3. The van der Waals surface area contributed by atoms with Crippen LogP contribution in [-0.2, 0) is 11.3 Å². The monoisotopic (exact) mass is 278 g/mol. The van der Waals surface area contributed by atoms with E-state index in [4.69, 9.17) is 0 Å². The molecule has 112 valence electrons. The van der Waals surface area contributed by atoms with Crippen LogP contribution in [-0.4, -0.2) is 23.7 Å². The van der Waals surface area contributed by atoms with Gasteiger partial charge in [0.05, 0.1) is 6.10 Å². The van der Waals surface area contributed by atoms with Crippen LogP contribution in [0.1, 0.15) is 39.7 Å². The summed E-state index contributed by atoms with van der Waals surface area (Å²) in [5.74, 6) is -0.0595. The van der Waals surface area contributed by atoms with E-state index < -0.39 is 0 Å². The Morgan fingerprint density at radius 3 is 2.40 bits per heavy atom. The van der Waals surface area contributed by atoms with Gasteiger partial charge in [0.15, 0.2) is 0 Å². The quantitative estimate of drug-likeness (QED) is 0.718. The first-order chi connectivity index (χ1) is 9.28. The molecular formula is C16H26N2O2.